The molecule has 5 fully saturated rings. The van der Waals surface area contributed by atoms with Crippen molar-refractivity contribution in [1.29, 1.82) is 0 Å². The van der Waals surface area contributed by atoms with E-state index in [9.17, 15) is 9.59 Å². The van der Waals surface area contributed by atoms with Crippen LogP contribution in [0.5, 0.6) is 0 Å². The third-order valence-corrected chi connectivity index (χ3v) is 11.2. The Morgan fingerprint density at radius 3 is 1.38 bits per heavy atom. The monoisotopic (exact) mass is 552 g/mol. The van der Waals surface area contributed by atoms with Gasteiger partial charge in [0.25, 0.3) is 0 Å². The first kappa shape index (κ1) is 30.0. The van der Waals surface area contributed by atoms with Crippen molar-refractivity contribution in [2.45, 2.75) is 166 Å². The van der Waals surface area contributed by atoms with Crippen LogP contribution in [0.1, 0.15) is 154 Å². The SMILES string of the molecule is O=C(OC1CCC(C(=O)OC2CCC(CCC3CCCCC3)CC2)CC1)C1CCC(C#CC2CCCCC2)CC1. The van der Waals surface area contributed by atoms with E-state index in [4.69, 9.17) is 9.47 Å². The number of ether oxygens (including phenoxy) is 2. The smallest absolute Gasteiger partial charge is 0.309 e. The summed E-state index contributed by atoms with van der Waals surface area (Å²) in [6.45, 7) is 0. The Kier molecular flexibility index (Phi) is 11.7. The third kappa shape index (κ3) is 9.25. The second-order valence-corrected chi connectivity index (χ2v) is 14.2. The van der Waals surface area contributed by atoms with Crippen LogP contribution in [0, 0.1) is 47.3 Å². The quantitative estimate of drug-likeness (QED) is 0.234. The molecule has 0 atom stereocenters. The third-order valence-electron chi connectivity index (χ3n) is 11.2. The maximum absolute atomic E-state index is 12.9. The van der Waals surface area contributed by atoms with Crippen LogP contribution in [0.25, 0.3) is 0 Å². The minimum atomic E-state index is -0.0278. The number of rotatable bonds is 7. The van der Waals surface area contributed by atoms with E-state index in [0.29, 0.717) is 11.8 Å². The van der Waals surface area contributed by atoms with Gasteiger partial charge in [0, 0.05) is 11.8 Å². The number of hydrogen-bond acceptors (Lipinski definition) is 4. The van der Waals surface area contributed by atoms with Crippen molar-refractivity contribution in [1.82, 2.24) is 0 Å². The summed E-state index contributed by atoms with van der Waals surface area (Å²) in [4.78, 5) is 25.8. The molecule has 0 saturated heterocycles. The van der Waals surface area contributed by atoms with Crippen molar-refractivity contribution >= 4 is 11.9 Å². The maximum atomic E-state index is 12.9. The standard InChI is InChI=1S/C36H56O4/c37-35(31-19-15-29(16-20-31)13-11-27-7-3-1-4-8-27)40-34-25-21-32(22-26-34)36(38)39-33-23-17-30(18-24-33)14-12-28-9-5-2-6-10-28/h27-34H,1-10,12,14-26H2. The first-order chi connectivity index (χ1) is 19.6. The van der Waals surface area contributed by atoms with Crippen molar-refractivity contribution in [2.75, 3.05) is 0 Å². The van der Waals surface area contributed by atoms with Crippen LogP contribution in [0.15, 0.2) is 0 Å². The van der Waals surface area contributed by atoms with E-state index in [2.05, 4.69) is 11.8 Å². The van der Waals surface area contributed by atoms with Crippen LogP contribution in [-0.2, 0) is 19.1 Å². The molecule has 0 radical (unpaired) electrons. The zero-order valence-corrected chi connectivity index (χ0v) is 25.2. The van der Waals surface area contributed by atoms with Gasteiger partial charge in [-0.2, -0.15) is 0 Å². The van der Waals surface area contributed by atoms with E-state index in [1.807, 2.05) is 0 Å². The Balaban J connectivity index is 0.930. The van der Waals surface area contributed by atoms with Gasteiger partial charge in [0.1, 0.15) is 12.2 Å². The molecule has 0 aromatic rings. The molecule has 5 rings (SSSR count). The maximum Gasteiger partial charge on any atom is 0.309 e. The number of hydrogen-bond donors (Lipinski definition) is 0. The summed E-state index contributed by atoms with van der Waals surface area (Å²) in [6.07, 6.45) is 28.3. The summed E-state index contributed by atoms with van der Waals surface area (Å²) in [5, 5.41) is 0. The molecule has 0 aromatic heterocycles. The average molecular weight is 553 g/mol. The number of esters is 2. The molecular formula is C36H56O4. The van der Waals surface area contributed by atoms with Gasteiger partial charge < -0.3 is 9.47 Å². The van der Waals surface area contributed by atoms with Crippen LogP contribution in [0.4, 0.5) is 0 Å². The van der Waals surface area contributed by atoms with Crippen LogP contribution in [0.3, 0.4) is 0 Å². The average Bonchev–Trinajstić information content (AvgIpc) is 3.01. The lowest BCUT2D eigenvalue weighted by atomic mass is 9.79. The zero-order chi connectivity index (χ0) is 27.6. The molecule has 0 bridgehead atoms. The minimum absolute atomic E-state index is 0.00286. The van der Waals surface area contributed by atoms with Gasteiger partial charge in [-0.25, -0.2) is 0 Å². The van der Waals surface area contributed by atoms with E-state index < -0.39 is 0 Å². The zero-order valence-electron chi connectivity index (χ0n) is 25.2. The summed E-state index contributed by atoms with van der Waals surface area (Å²) in [5.74, 6) is 10.0. The van der Waals surface area contributed by atoms with Crippen LogP contribution in [-0.4, -0.2) is 24.1 Å². The van der Waals surface area contributed by atoms with Gasteiger partial charge in [-0.3, -0.25) is 9.59 Å². The molecule has 0 amide bonds. The largest absolute Gasteiger partial charge is 0.462 e. The van der Waals surface area contributed by atoms with E-state index in [1.54, 1.807) is 0 Å². The van der Waals surface area contributed by atoms with Gasteiger partial charge in [0.05, 0.1) is 11.8 Å². The summed E-state index contributed by atoms with van der Waals surface area (Å²) in [5.41, 5.74) is 0. The van der Waals surface area contributed by atoms with Crippen molar-refractivity contribution in [3.63, 3.8) is 0 Å². The molecule has 0 unspecified atom stereocenters. The van der Waals surface area contributed by atoms with Gasteiger partial charge in [-0.15, -0.1) is 0 Å². The van der Waals surface area contributed by atoms with Gasteiger partial charge in [-0.1, -0.05) is 76.0 Å². The fourth-order valence-corrected chi connectivity index (χ4v) is 8.38. The predicted octanol–water partition coefficient (Wildman–Crippen LogP) is 8.94. The van der Waals surface area contributed by atoms with Crippen LogP contribution < -0.4 is 0 Å². The Morgan fingerprint density at radius 1 is 0.450 bits per heavy atom. The lowest BCUT2D eigenvalue weighted by Gasteiger charge is -2.32. The van der Waals surface area contributed by atoms with Crippen molar-refractivity contribution in [3.05, 3.63) is 0 Å². The summed E-state index contributed by atoms with van der Waals surface area (Å²) >= 11 is 0. The second kappa shape index (κ2) is 15.7. The minimum Gasteiger partial charge on any atom is -0.462 e. The van der Waals surface area contributed by atoms with Gasteiger partial charge in [0.2, 0.25) is 0 Å². The highest BCUT2D eigenvalue weighted by Gasteiger charge is 2.34. The Labute approximate surface area is 244 Å². The molecule has 0 heterocycles. The van der Waals surface area contributed by atoms with Crippen molar-refractivity contribution in [2.24, 2.45) is 35.5 Å². The Morgan fingerprint density at radius 2 is 0.850 bits per heavy atom. The molecule has 0 spiro atoms. The normalized spacial score (nSPS) is 34.3. The Bertz CT molecular complexity index is 834. The molecule has 40 heavy (non-hydrogen) atoms. The van der Waals surface area contributed by atoms with Gasteiger partial charge in [0.15, 0.2) is 0 Å². The molecule has 4 heteroatoms. The molecule has 5 aliphatic carbocycles. The molecule has 5 saturated carbocycles. The second-order valence-electron chi connectivity index (χ2n) is 14.2. The molecule has 0 aliphatic heterocycles. The lowest BCUT2D eigenvalue weighted by molar-refractivity contribution is -0.161. The molecule has 4 nitrogen and oxygen atoms in total. The molecule has 224 valence electrons. The van der Waals surface area contributed by atoms with Crippen LogP contribution >= 0.6 is 0 Å². The predicted molar refractivity (Wildman–Crippen MR) is 159 cm³/mol. The highest BCUT2D eigenvalue weighted by molar-refractivity contribution is 5.73. The highest BCUT2D eigenvalue weighted by atomic mass is 16.5. The molecule has 5 aliphatic rings. The summed E-state index contributed by atoms with van der Waals surface area (Å²) < 4.78 is 11.9. The highest BCUT2D eigenvalue weighted by Crippen LogP contribution is 2.36. The molecular weight excluding hydrogens is 496 g/mol. The van der Waals surface area contributed by atoms with Crippen molar-refractivity contribution < 1.29 is 19.1 Å². The summed E-state index contributed by atoms with van der Waals surface area (Å²) in [6, 6.07) is 0. The van der Waals surface area contributed by atoms with Crippen LogP contribution in [0.2, 0.25) is 0 Å². The fourth-order valence-electron chi connectivity index (χ4n) is 8.38. The number of carbonyl (C=O) groups excluding carboxylic acids is 2. The summed E-state index contributed by atoms with van der Waals surface area (Å²) in [7, 11) is 0. The number of carbonyl (C=O) groups is 2. The fraction of sp³-hybridized carbons (Fsp3) is 0.889. The molecule has 0 aromatic carbocycles. The first-order valence-electron chi connectivity index (χ1n) is 17.5. The molecule has 0 N–H and O–H groups in total. The van der Waals surface area contributed by atoms with Gasteiger partial charge >= 0.3 is 11.9 Å². The topological polar surface area (TPSA) is 52.6 Å². The van der Waals surface area contributed by atoms with E-state index in [-0.39, 0.29) is 36.0 Å². The first-order valence-corrected chi connectivity index (χ1v) is 17.5. The van der Waals surface area contributed by atoms with E-state index in [0.717, 1.165) is 76.0 Å². The van der Waals surface area contributed by atoms with Crippen molar-refractivity contribution in [3.8, 4) is 11.8 Å². The lowest BCUT2D eigenvalue weighted by Crippen LogP contribution is -2.33. The van der Waals surface area contributed by atoms with Gasteiger partial charge in [-0.05, 0) is 102 Å². The Hall–Kier alpha value is -1.50. The van der Waals surface area contributed by atoms with E-state index >= 15 is 0 Å². The van der Waals surface area contributed by atoms with E-state index in [1.165, 1.54) is 89.9 Å².